The summed E-state index contributed by atoms with van der Waals surface area (Å²) >= 11 is 7.11. The highest BCUT2D eigenvalue weighted by molar-refractivity contribution is 7.98. The molecule has 0 aromatic carbocycles. The van der Waals surface area contributed by atoms with Crippen LogP contribution in [0.3, 0.4) is 0 Å². The van der Waals surface area contributed by atoms with Crippen LogP contribution in [0.15, 0.2) is 12.4 Å². The molecule has 76 valence electrons. The van der Waals surface area contributed by atoms with Gasteiger partial charge in [-0.2, -0.15) is 11.8 Å². The lowest BCUT2D eigenvalue weighted by Gasteiger charge is -2.01. The number of hydrogen-bond acceptors (Lipinski definition) is 4. The molecule has 4 nitrogen and oxygen atoms in total. The Labute approximate surface area is 95.6 Å². The van der Waals surface area contributed by atoms with Crippen LogP contribution in [-0.2, 0) is 11.5 Å². The molecule has 0 atom stereocenters. The number of aromatic amines is 2. The first-order valence-corrected chi connectivity index (χ1v) is 6.10. The lowest BCUT2D eigenvalue weighted by atomic mass is 10.3. The molecular weight excluding hydrogens is 228 g/mol. The Morgan fingerprint density at radius 2 is 2.27 bits per heavy atom. The Hall–Kier alpha value is -1.14. The second-order valence-corrected chi connectivity index (χ2v) is 4.65. The molecule has 1 aliphatic rings. The molecule has 2 N–H and O–H groups in total. The smallest absolute Gasteiger partial charge is 0.175 e. The van der Waals surface area contributed by atoms with E-state index in [-0.39, 0.29) is 0 Å². The van der Waals surface area contributed by atoms with Gasteiger partial charge in [0.1, 0.15) is 4.64 Å². The summed E-state index contributed by atoms with van der Waals surface area (Å²) in [5, 5.41) is 0. The van der Waals surface area contributed by atoms with Gasteiger partial charge in [-0.15, -0.1) is 0 Å². The van der Waals surface area contributed by atoms with E-state index in [2.05, 4.69) is 19.9 Å². The van der Waals surface area contributed by atoms with Crippen LogP contribution >= 0.6 is 24.0 Å². The van der Waals surface area contributed by atoms with Gasteiger partial charge < -0.3 is 9.97 Å². The summed E-state index contributed by atoms with van der Waals surface area (Å²) in [4.78, 5) is 14.8. The largest absolute Gasteiger partial charge is 0.342 e. The molecular formula is C9H8N4S2. The summed E-state index contributed by atoms with van der Waals surface area (Å²) in [6.07, 6.45) is 3.48. The van der Waals surface area contributed by atoms with E-state index in [1.165, 1.54) is 11.3 Å². The van der Waals surface area contributed by atoms with Crippen molar-refractivity contribution in [2.75, 3.05) is 0 Å². The molecule has 0 bridgehead atoms. The number of rotatable bonds is 1. The molecule has 0 fully saturated rings. The molecule has 2 aromatic rings. The highest BCUT2D eigenvalue weighted by atomic mass is 32.2. The minimum absolute atomic E-state index is 0.695. The van der Waals surface area contributed by atoms with Gasteiger partial charge in [0.05, 0.1) is 0 Å². The van der Waals surface area contributed by atoms with Gasteiger partial charge in [-0.25, -0.2) is 9.97 Å². The Kier molecular flexibility index (Phi) is 2.10. The third kappa shape index (κ3) is 1.49. The first-order chi connectivity index (χ1) is 7.34. The van der Waals surface area contributed by atoms with E-state index in [0.717, 1.165) is 23.2 Å². The quantitative estimate of drug-likeness (QED) is 0.746. The first-order valence-electron chi connectivity index (χ1n) is 4.54. The minimum Gasteiger partial charge on any atom is -0.342 e. The molecule has 3 heterocycles. The molecule has 0 radical (unpaired) electrons. The van der Waals surface area contributed by atoms with Crippen LogP contribution in [-0.4, -0.2) is 19.9 Å². The summed E-state index contributed by atoms with van der Waals surface area (Å²) in [5.74, 6) is 3.41. The van der Waals surface area contributed by atoms with E-state index in [1.54, 1.807) is 12.4 Å². The van der Waals surface area contributed by atoms with Gasteiger partial charge in [0.2, 0.25) is 0 Å². The van der Waals surface area contributed by atoms with Crippen molar-refractivity contribution in [3.8, 4) is 11.6 Å². The minimum atomic E-state index is 0.695. The summed E-state index contributed by atoms with van der Waals surface area (Å²) in [5.41, 5.74) is 2.36. The van der Waals surface area contributed by atoms with Crippen molar-refractivity contribution < 1.29 is 0 Å². The first kappa shape index (κ1) is 9.11. The Morgan fingerprint density at radius 1 is 1.33 bits per heavy atom. The Morgan fingerprint density at radius 3 is 3.07 bits per heavy atom. The van der Waals surface area contributed by atoms with Crippen LogP contribution in [0.5, 0.6) is 0 Å². The molecule has 0 unspecified atom stereocenters. The van der Waals surface area contributed by atoms with E-state index >= 15 is 0 Å². The lowest BCUT2D eigenvalue weighted by molar-refractivity contribution is 1.03. The van der Waals surface area contributed by atoms with Crippen molar-refractivity contribution in [2.24, 2.45) is 0 Å². The zero-order valence-corrected chi connectivity index (χ0v) is 9.41. The predicted octanol–water partition coefficient (Wildman–Crippen LogP) is 2.28. The van der Waals surface area contributed by atoms with Crippen molar-refractivity contribution in [2.45, 2.75) is 11.5 Å². The van der Waals surface area contributed by atoms with Crippen LogP contribution < -0.4 is 0 Å². The number of nitrogens with zero attached hydrogens (tertiary/aromatic N) is 2. The third-order valence-electron chi connectivity index (χ3n) is 2.32. The number of aromatic nitrogens is 4. The SMILES string of the molecule is S=c1nc(-c2ncc[nH]2)[nH]c2c1CSC2. The van der Waals surface area contributed by atoms with Crippen LogP contribution in [0.1, 0.15) is 11.3 Å². The third-order valence-corrected chi connectivity index (χ3v) is 3.64. The Bertz CT molecular complexity index is 544. The number of hydrogen-bond donors (Lipinski definition) is 2. The van der Waals surface area contributed by atoms with Gasteiger partial charge in [0.15, 0.2) is 11.6 Å². The standard InChI is InChI=1S/C9H8N4S2/c14-9-5-3-15-4-6(5)12-8(13-9)7-10-1-2-11-7/h1-2H,3-4H2,(H,10,11)(H,12,13,14). The maximum absolute atomic E-state index is 5.25. The summed E-state index contributed by atoms with van der Waals surface area (Å²) < 4.78 is 0.695. The maximum Gasteiger partial charge on any atom is 0.175 e. The molecule has 1 aliphatic heterocycles. The van der Waals surface area contributed by atoms with Gasteiger partial charge >= 0.3 is 0 Å². The molecule has 0 spiro atoms. The fourth-order valence-corrected chi connectivity index (χ4v) is 3.02. The number of nitrogens with one attached hydrogen (secondary N) is 2. The molecule has 6 heteroatoms. The number of imidazole rings is 1. The summed E-state index contributed by atoms with van der Waals surface area (Å²) in [7, 11) is 0. The van der Waals surface area contributed by atoms with E-state index < -0.39 is 0 Å². The number of fused-ring (bicyclic) bond motifs is 1. The average Bonchev–Trinajstić information content (AvgIpc) is 2.88. The molecule has 0 aliphatic carbocycles. The van der Waals surface area contributed by atoms with Crippen molar-refractivity contribution in [1.82, 2.24) is 19.9 Å². The summed E-state index contributed by atoms with van der Waals surface area (Å²) in [6.45, 7) is 0. The van der Waals surface area contributed by atoms with Crippen molar-refractivity contribution in [1.29, 1.82) is 0 Å². The number of H-pyrrole nitrogens is 2. The topological polar surface area (TPSA) is 57.4 Å². The fourth-order valence-electron chi connectivity index (χ4n) is 1.58. The number of thioether (sulfide) groups is 1. The zero-order chi connectivity index (χ0) is 10.3. The second-order valence-electron chi connectivity index (χ2n) is 3.28. The van der Waals surface area contributed by atoms with Crippen LogP contribution in [0, 0.1) is 4.64 Å². The molecule has 0 saturated heterocycles. The van der Waals surface area contributed by atoms with E-state index in [4.69, 9.17) is 12.2 Å². The molecule has 0 amide bonds. The average molecular weight is 236 g/mol. The molecule has 2 aromatic heterocycles. The predicted molar refractivity (Wildman–Crippen MR) is 62.0 cm³/mol. The second kappa shape index (κ2) is 3.46. The van der Waals surface area contributed by atoms with Gasteiger partial charge in [0, 0.05) is 35.2 Å². The van der Waals surface area contributed by atoms with Crippen LogP contribution in [0.2, 0.25) is 0 Å². The monoisotopic (exact) mass is 236 g/mol. The highest BCUT2D eigenvalue weighted by Crippen LogP contribution is 2.29. The Balaban J connectivity index is 2.20. The summed E-state index contributed by atoms with van der Waals surface area (Å²) in [6, 6.07) is 0. The molecule has 15 heavy (non-hydrogen) atoms. The van der Waals surface area contributed by atoms with Crippen LogP contribution in [0.25, 0.3) is 11.6 Å². The highest BCUT2D eigenvalue weighted by Gasteiger charge is 2.16. The van der Waals surface area contributed by atoms with E-state index in [9.17, 15) is 0 Å². The normalized spacial score (nSPS) is 14.1. The van der Waals surface area contributed by atoms with Crippen molar-refractivity contribution in [3.05, 3.63) is 28.3 Å². The maximum atomic E-state index is 5.25. The fraction of sp³-hybridized carbons (Fsp3) is 0.222. The molecule has 3 rings (SSSR count). The lowest BCUT2D eigenvalue weighted by Crippen LogP contribution is -1.98. The van der Waals surface area contributed by atoms with Crippen molar-refractivity contribution in [3.63, 3.8) is 0 Å². The van der Waals surface area contributed by atoms with Gasteiger partial charge in [-0.1, -0.05) is 12.2 Å². The van der Waals surface area contributed by atoms with Gasteiger partial charge in [-0.3, -0.25) is 0 Å². The molecule has 0 saturated carbocycles. The van der Waals surface area contributed by atoms with Gasteiger partial charge in [-0.05, 0) is 0 Å². The van der Waals surface area contributed by atoms with Crippen LogP contribution in [0.4, 0.5) is 0 Å². The van der Waals surface area contributed by atoms with Crippen molar-refractivity contribution >= 4 is 24.0 Å². The zero-order valence-electron chi connectivity index (χ0n) is 7.78. The van der Waals surface area contributed by atoms with E-state index in [0.29, 0.717) is 4.64 Å². The van der Waals surface area contributed by atoms with E-state index in [1.807, 2.05) is 11.8 Å². The van der Waals surface area contributed by atoms with Gasteiger partial charge in [0.25, 0.3) is 0 Å².